The minimum atomic E-state index is -0.846. The third-order valence-corrected chi connectivity index (χ3v) is 16.5. The summed E-state index contributed by atoms with van der Waals surface area (Å²) >= 11 is 0. The molecule has 77 heavy (non-hydrogen) atoms. The van der Waals surface area contributed by atoms with E-state index in [0.29, 0.717) is 19.4 Å². The Balaban J connectivity index is 3.39. The highest BCUT2D eigenvalue weighted by molar-refractivity contribution is 5.76. The Bertz CT molecular complexity index is 1200. The molecule has 0 aromatic carbocycles. The lowest BCUT2D eigenvalue weighted by molar-refractivity contribution is -0.143. The summed E-state index contributed by atoms with van der Waals surface area (Å²) in [5, 5.41) is 23.2. The summed E-state index contributed by atoms with van der Waals surface area (Å²) in [5.41, 5.74) is 0. The van der Waals surface area contributed by atoms with E-state index in [1.807, 2.05) is 6.08 Å². The highest BCUT2D eigenvalue weighted by Crippen LogP contribution is 2.19. The smallest absolute Gasteiger partial charge is 0.305 e. The molecule has 0 aliphatic carbocycles. The molecule has 0 aliphatic heterocycles. The Hall–Kier alpha value is -1.66. The molecule has 0 fully saturated rings. The number of aliphatic hydroxyl groups is 2. The zero-order valence-corrected chi connectivity index (χ0v) is 52.2. The van der Waals surface area contributed by atoms with Crippen LogP contribution in [0.5, 0.6) is 0 Å². The van der Waals surface area contributed by atoms with Crippen LogP contribution in [0.25, 0.3) is 0 Å². The fourth-order valence-corrected chi connectivity index (χ4v) is 11.1. The summed E-state index contributed by atoms with van der Waals surface area (Å²) in [5.74, 6) is -0.0499. The number of hydrogen-bond acceptors (Lipinski definition) is 5. The second-order valence-corrected chi connectivity index (χ2v) is 24.2. The van der Waals surface area contributed by atoms with Crippen molar-refractivity contribution in [2.75, 3.05) is 13.2 Å². The second-order valence-electron chi connectivity index (χ2n) is 24.2. The van der Waals surface area contributed by atoms with Crippen molar-refractivity contribution >= 4 is 11.9 Å². The summed E-state index contributed by atoms with van der Waals surface area (Å²) in [6.45, 7) is 4.94. The van der Waals surface area contributed by atoms with Crippen LogP contribution in [0.1, 0.15) is 393 Å². The summed E-state index contributed by atoms with van der Waals surface area (Å²) in [6, 6.07) is -0.630. The lowest BCUT2D eigenvalue weighted by Gasteiger charge is -2.20. The number of carbonyl (C=O) groups excluding carboxylic acids is 2. The van der Waals surface area contributed by atoms with E-state index in [4.69, 9.17) is 4.74 Å². The van der Waals surface area contributed by atoms with Crippen LogP contribution in [0, 0.1) is 0 Å². The van der Waals surface area contributed by atoms with Crippen LogP contribution in [0.3, 0.4) is 0 Å². The van der Waals surface area contributed by atoms with Crippen molar-refractivity contribution in [3.05, 3.63) is 24.3 Å². The minimum Gasteiger partial charge on any atom is -0.466 e. The predicted octanol–water partition coefficient (Wildman–Crippen LogP) is 22.5. The van der Waals surface area contributed by atoms with E-state index in [1.54, 1.807) is 6.08 Å². The topological polar surface area (TPSA) is 95.9 Å². The molecule has 6 heteroatoms. The minimum absolute atomic E-state index is 0.0181. The molecule has 1 amide bonds. The quantitative estimate of drug-likeness (QED) is 0.0320. The van der Waals surface area contributed by atoms with Crippen LogP contribution in [-0.2, 0) is 14.3 Å². The first-order valence-corrected chi connectivity index (χ1v) is 35.1. The average Bonchev–Trinajstić information content (AvgIpc) is 3.43. The maximum Gasteiger partial charge on any atom is 0.305 e. The van der Waals surface area contributed by atoms with Gasteiger partial charge in [0.05, 0.1) is 25.4 Å². The molecule has 6 nitrogen and oxygen atoms in total. The molecule has 456 valence electrons. The first-order chi connectivity index (χ1) is 38.0. The SMILES string of the molecule is CCCCCCCCCCCCCCCCC/C=C/C(O)C(CO)NC(=O)CCCCCCCCCCC/C=C\CCCCCCCCCCCCCCOC(=O)CCCCCCCCCCCCCCCCCCCC. The molecule has 0 saturated carbocycles. The van der Waals surface area contributed by atoms with Crippen molar-refractivity contribution < 1.29 is 24.5 Å². The van der Waals surface area contributed by atoms with Crippen molar-refractivity contribution in [2.24, 2.45) is 0 Å². The van der Waals surface area contributed by atoms with Crippen molar-refractivity contribution in [1.82, 2.24) is 5.32 Å². The molecule has 0 spiro atoms. The highest BCUT2D eigenvalue weighted by Gasteiger charge is 2.18. The van der Waals surface area contributed by atoms with Gasteiger partial charge in [0.2, 0.25) is 5.91 Å². The number of rotatable bonds is 66. The van der Waals surface area contributed by atoms with Crippen LogP contribution >= 0.6 is 0 Å². The molecule has 2 unspecified atom stereocenters. The van der Waals surface area contributed by atoms with Gasteiger partial charge in [0.15, 0.2) is 0 Å². The third kappa shape index (κ3) is 63.4. The van der Waals surface area contributed by atoms with Crippen molar-refractivity contribution in [1.29, 1.82) is 0 Å². The molecule has 0 saturated heterocycles. The van der Waals surface area contributed by atoms with Gasteiger partial charge >= 0.3 is 5.97 Å². The van der Waals surface area contributed by atoms with E-state index < -0.39 is 12.1 Å². The fourth-order valence-electron chi connectivity index (χ4n) is 11.1. The zero-order chi connectivity index (χ0) is 55.7. The fraction of sp³-hybridized carbons (Fsp3) is 0.915. The Labute approximate surface area is 481 Å². The lowest BCUT2D eigenvalue weighted by atomic mass is 10.0. The zero-order valence-electron chi connectivity index (χ0n) is 52.2. The van der Waals surface area contributed by atoms with Gasteiger partial charge in [-0.25, -0.2) is 0 Å². The predicted molar refractivity (Wildman–Crippen MR) is 338 cm³/mol. The second kappa shape index (κ2) is 66.8. The number of carbonyl (C=O) groups is 2. The molecule has 0 radical (unpaired) electrons. The van der Waals surface area contributed by atoms with Gasteiger partial charge in [-0.1, -0.05) is 346 Å². The number of nitrogens with one attached hydrogen (secondary N) is 1. The van der Waals surface area contributed by atoms with Crippen molar-refractivity contribution in [3.8, 4) is 0 Å². The van der Waals surface area contributed by atoms with Crippen molar-refractivity contribution in [3.63, 3.8) is 0 Å². The Kier molecular flexibility index (Phi) is 65.4. The molecule has 0 aliphatic rings. The molecule has 0 rings (SSSR count). The number of aliphatic hydroxyl groups excluding tert-OH is 2. The number of allylic oxidation sites excluding steroid dienone is 3. The van der Waals surface area contributed by atoms with Crippen LogP contribution in [0.15, 0.2) is 24.3 Å². The van der Waals surface area contributed by atoms with E-state index in [2.05, 4.69) is 31.3 Å². The van der Waals surface area contributed by atoms with Crippen LogP contribution in [0.4, 0.5) is 0 Å². The number of esters is 1. The number of hydrogen-bond donors (Lipinski definition) is 3. The van der Waals surface area contributed by atoms with Crippen LogP contribution in [-0.4, -0.2) is 47.4 Å². The van der Waals surface area contributed by atoms with E-state index in [1.165, 1.54) is 327 Å². The Morgan fingerprint density at radius 2 is 0.610 bits per heavy atom. The van der Waals surface area contributed by atoms with E-state index in [-0.39, 0.29) is 18.5 Å². The molecule has 2 atom stereocenters. The van der Waals surface area contributed by atoms with Crippen molar-refractivity contribution in [2.45, 2.75) is 405 Å². The number of ether oxygens (including phenoxy) is 1. The van der Waals surface area contributed by atoms with E-state index >= 15 is 0 Å². The molecule has 0 aromatic heterocycles. The summed E-state index contributed by atoms with van der Waals surface area (Å²) in [7, 11) is 0. The van der Waals surface area contributed by atoms with Gasteiger partial charge < -0.3 is 20.3 Å². The maximum absolute atomic E-state index is 12.5. The lowest BCUT2D eigenvalue weighted by Crippen LogP contribution is -2.45. The van der Waals surface area contributed by atoms with Crippen LogP contribution in [0.2, 0.25) is 0 Å². The summed E-state index contributed by atoms with van der Waals surface area (Å²) in [4.78, 5) is 24.6. The largest absolute Gasteiger partial charge is 0.466 e. The number of amides is 1. The molecule has 3 N–H and O–H groups in total. The molecule has 0 bridgehead atoms. The van der Waals surface area contributed by atoms with Gasteiger partial charge in [-0.05, 0) is 57.8 Å². The average molecular weight is 1080 g/mol. The van der Waals surface area contributed by atoms with Gasteiger partial charge in [-0.2, -0.15) is 0 Å². The number of unbranched alkanes of at least 4 members (excludes halogenated alkanes) is 53. The Morgan fingerprint density at radius 3 is 0.922 bits per heavy atom. The van der Waals surface area contributed by atoms with E-state index in [0.717, 1.165) is 38.5 Å². The summed E-state index contributed by atoms with van der Waals surface area (Å²) < 4.78 is 5.51. The molecular weight excluding hydrogens is 947 g/mol. The Morgan fingerprint density at radius 1 is 0.351 bits per heavy atom. The maximum atomic E-state index is 12.5. The molecule has 0 heterocycles. The van der Waals surface area contributed by atoms with E-state index in [9.17, 15) is 19.8 Å². The third-order valence-electron chi connectivity index (χ3n) is 16.5. The summed E-state index contributed by atoms with van der Waals surface area (Å²) in [6.07, 6.45) is 83.9. The molecular formula is C71H137NO5. The molecule has 0 aromatic rings. The normalized spacial score (nSPS) is 12.6. The monoisotopic (exact) mass is 1080 g/mol. The van der Waals surface area contributed by atoms with Gasteiger partial charge in [-0.3, -0.25) is 9.59 Å². The standard InChI is InChI=1S/C71H137NO5/c1-3-5-7-9-11-13-15-17-19-21-33-37-41-45-49-53-57-61-65-71(76)77-66-62-58-54-50-46-42-38-34-30-28-26-24-22-23-25-27-29-32-36-40-44-48-52-56-60-64-70(75)72-68(67-73)69(74)63-59-55-51-47-43-39-35-31-20-18-16-14-12-10-8-6-4-2/h23,25,59,63,68-69,73-74H,3-22,24,26-58,60-62,64-67H2,1-2H3,(H,72,75)/b25-23-,63-59+. The van der Waals surface area contributed by atoms with Gasteiger partial charge in [0.1, 0.15) is 0 Å². The van der Waals surface area contributed by atoms with Gasteiger partial charge in [0.25, 0.3) is 0 Å². The highest BCUT2D eigenvalue weighted by atomic mass is 16.5. The first kappa shape index (κ1) is 75.3. The van der Waals surface area contributed by atoms with Crippen LogP contribution < -0.4 is 5.32 Å². The van der Waals surface area contributed by atoms with Gasteiger partial charge in [-0.15, -0.1) is 0 Å². The first-order valence-electron chi connectivity index (χ1n) is 35.1. The van der Waals surface area contributed by atoms with Gasteiger partial charge in [0, 0.05) is 12.8 Å².